The number of carbonyl (C=O) groups excluding carboxylic acids is 1. The molecule has 3 rings (SSSR count). The summed E-state index contributed by atoms with van der Waals surface area (Å²) in [4.78, 5) is 14.9. The van der Waals surface area contributed by atoms with E-state index < -0.39 is 0 Å². The number of carbonyl (C=O) groups is 1. The van der Waals surface area contributed by atoms with Crippen LogP contribution in [0.4, 0.5) is 0 Å². The summed E-state index contributed by atoms with van der Waals surface area (Å²) < 4.78 is 0. The zero-order valence-corrected chi connectivity index (χ0v) is 14.9. The second-order valence-corrected chi connectivity index (χ2v) is 6.17. The van der Waals surface area contributed by atoms with Crippen LogP contribution < -0.4 is 5.32 Å². The molecule has 2 aromatic rings. The lowest BCUT2D eigenvalue weighted by Crippen LogP contribution is -2.44. The van der Waals surface area contributed by atoms with Crippen molar-refractivity contribution >= 4 is 18.3 Å². The number of rotatable bonds is 4. The van der Waals surface area contributed by atoms with Gasteiger partial charge in [0.15, 0.2) is 0 Å². The van der Waals surface area contributed by atoms with Crippen molar-refractivity contribution in [3.05, 3.63) is 71.3 Å². The maximum absolute atomic E-state index is 12.9. The van der Waals surface area contributed by atoms with Gasteiger partial charge in [0.05, 0.1) is 0 Å². The molecule has 0 atom stereocenters. The Balaban J connectivity index is 0.00000208. The molecule has 0 aromatic heterocycles. The first-order valence-electron chi connectivity index (χ1n) is 8.36. The van der Waals surface area contributed by atoms with Gasteiger partial charge in [-0.05, 0) is 43.5 Å². The monoisotopic (exact) mass is 344 g/mol. The summed E-state index contributed by atoms with van der Waals surface area (Å²) in [7, 11) is 2.00. The van der Waals surface area contributed by atoms with E-state index >= 15 is 0 Å². The zero-order chi connectivity index (χ0) is 16.1. The molecule has 1 aliphatic heterocycles. The third kappa shape index (κ3) is 4.37. The first-order valence-corrected chi connectivity index (χ1v) is 8.36. The third-order valence-corrected chi connectivity index (χ3v) is 4.68. The van der Waals surface area contributed by atoms with Crippen LogP contribution in [0, 0.1) is 0 Å². The Kier molecular flexibility index (Phi) is 6.83. The molecule has 1 amide bonds. The first kappa shape index (κ1) is 18.5. The van der Waals surface area contributed by atoms with Gasteiger partial charge < -0.3 is 10.2 Å². The van der Waals surface area contributed by atoms with Crippen LogP contribution in [0.3, 0.4) is 0 Å². The topological polar surface area (TPSA) is 32.3 Å². The van der Waals surface area contributed by atoms with Gasteiger partial charge >= 0.3 is 0 Å². The average molecular weight is 345 g/mol. The molecule has 0 bridgehead atoms. The molecule has 1 heterocycles. The quantitative estimate of drug-likeness (QED) is 0.920. The molecule has 2 aromatic carbocycles. The van der Waals surface area contributed by atoms with Crippen molar-refractivity contribution < 1.29 is 4.79 Å². The van der Waals surface area contributed by atoms with Crippen LogP contribution in [0.25, 0.3) is 0 Å². The van der Waals surface area contributed by atoms with Crippen LogP contribution in [-0.2, 0) is 6.42 Å². The Labute approximate surface area is 150 Å². The fourth-order valence-electron chi connectivity index (χ4n) is 3.24. The van der Waals surface area contributed by atoms with Gasteiger partial charge in [0.1, 0.15) is 0 Å². The van der Waals surface area contributed by atoms with Crippen molar-refractivity contribution in [1.82, 2.24) is 10.2 Å². The number of amides is 1. The number of hydrogen-bond donors (Lipinski definition) is 1. The largest absolute Gasteiger partial charge is 0.339 e. The summed E-state index contributed by atoms with van der Waals surface area (Å²) in [6, 6.07) is 18.9. The van der Waals surface area contributed by atoms with E-state index in [0.717, 1.165) is 43.5 Å². The Morgan fingerprint density at radius 3 is 2.33 bits per heavy atom. The van der Waals surface area contributed by atoms with E-state index in [4.69, 9.17) is 0 Å². The van der Waals surface area contributed by atoms with Gasteiger partial charge in [-0.2, -0.15) is 0 Å². The van der Waals surface area contributed by atoms with Gasteiger partial charge in [-0.1, -0.05) is 48.5 Å². The third-order valence-electron chi connectivity index (χ3n) is 4.68. The van der Waals surface area contributed by atoms with Crippen LogP contribution >= 0.6 is 12.4 Å². The van der Waals surface area contributed by atoms with E-state index in [1.165, 1.54) is 5.56 Å². The number of hydrogen-bond acceptors (Lipinski definition) is 2. The number of piperidine rings is 1. The number of nitrogens with one attached hydrogen (secondary N) is 1. The van der Waals surface area contributed by atoms with Crippen LogP contribution in [0.1, 0.15) is 34.3 Å². The maximum atomic E-state index is 12.9. The highest BCUT2D eigenvalue weighted by molar-refractivity contribution is 5.95. The molecule has 0 saturated carbocycles. The van der Waals surface area contributed by atoms with Crippen molar-refractivity contribution in [3.8, 4) is 0 Å². The van der Waals surface area contributed by atoms with Crippen LogP contribution in [0.2, 0.25) is 0 Å². The lowest BCUT2D eigenvalue weighted by Gasteiger charge is -2.32. The lowest BCUT2D eigenvalue weighted by molar-refractivity contribution is 0.0706. The van der Waals surface area contributed by atoms with Gasteiger partial charge in [-0.25, -0.2) is 0 Å². The van der Waals surface area contributed by atoms with Crippen molar-refractivity contribution in [2.45, 2.75) is 25.3 Å². The molecule has 1 N–H and O–H groups in total. The number of nitrogens with zero attached hydrogens (tertiary/aromatic N) is 1. The van der Waals surface area contributed by atoms with Crippen molar-refractivity contribution in [3.63, 3.8) is 0 Å². The number of halogens is 1. The van der Waals surface area contributed by atoms with Crippen LogP contribution in [0.5, 0.6) is 0 Å². The minimum atomic E-state index is 0. The second kappa shape index (κ2) is 8.86. The predicted octanol–water partition coefficient (Wildman–Crippen LogP) is 3.52. The van der Waals surface area contributed by atoms with E-state index in [1.807, 2.05) is 48.3 Å². The second-order valence-electron chi connectivity index (χ2n) is 6.17. The van der Waals surface area contributed by atoms with Gasteiger partial charge in [-0.3, -0.25) is 4.79 Å². The van der Waals surface area contributed by atoms with E-state index in [0.29, 0.717) is 6.04 Å². The molecular formula is C20H25ClN2O. The summed E-state index contributed by atoms with van der Waals surface area (Å²) in [6.45, 7) is 1.67. The number of likely N-dealkylation sites (tertiary alicyclic amines) is 1. The van der Waals surface area contributed by atoms with Crippen molar-refractivity contribution in [2.75, 3.05) is 20.1 Å². The molecule has 0 radical (unpaired) electrons. The van der Waals surface area contributed by atoms with Gasteiger partial charge in [0.2, 0.25) is 0 Å². The van der Waals surface area contributed by atoms with Crippen molar-refractivity contribution in [2.24, 2.45) is 0 Å². The Bertz CT molecular complexity index is 652. The molecule has 1 saturated heterocycles. The maximum Gasteiger partial charge on any atom is 0.254 e. The Hall–Kier alpha value is -1.84. The molecule has 24 heavy (non-hydrogen) atoms. The van der Waals surface area contributed by atoms with Gasteiger partial charge in [0.25, 0.3) is 5.91 Å². The molecule has 0 unspecified atom stereocenters. The Morgan fingerprint density at radius 2 is 1.67 bits per heavy atom. The smallest absolute Gasteiger partial charge is 0.254 e. The molecular weight excluding hydrogens is 320 g/mol. The van der Waals surface area contributed by atoms with E-state index in [1.54, 1.807) is 0 Å². The standard InChI is InChI=1S/C20H24N2O.ClH/c1-21-18-11-13-22(14-12-18)20(23)19-10-6-5-9-17(19)15-16-7-3-2-4-8-16;/h2-10,18,21H,11-15H2,1H3;1H. The zero-order valence-electron chi connectivity index (χ0n) is 14.1. The summed E-state index contributed by atoms with van der Waals surface area (Å²) in [5, 5.41) is 3.31. The van der Waals surface area contributed by atoms with Crippen LogP contribution in [-0.4, -0.2) is 37.0 Å². The van der Waals surface area contributed by atoms with E-state index in [-0.39, 0.29) is 18.3 Å². The molecule has 1 aliphatic rings. The summed E-state index contributed by atoms with van der Waals surface area (Å²) in [6.07, 6.45) is 2.86. The molecule has 4 heteroatoms. The molecule has 0 spiro atoms. The highest BCUT2D eigenvalue weighted by Gasteiger charge is 2.24. The number of benzene rings is 2. The van der Waals surface area contributed by atoms with Gasteiger partial charge in [-0.15, -0.1) is 12.4 Å². The molecule has 3 nitrogen and oxygen atoms in total. The molecule has 0 aliphatic carbocycles. The minimum absolute atomic E-state index is 0. The van der Waals surface area contributed by atoms with E-state index in [9.17, 15) is 4.79 Å². The molecule has 1 fully saturated rings. The normalized spacial score (nSPS) is 15.0. The van der Waals surface area contributed by atoms with Gasteiger partial charge in [0, 0.05) is 24.7 Å². The molecule has 128 valence electrons. The first-order chi connectivity index (χ1) is 11.3. The fourth-order valence-corrected chi connectivity index (χ4v) is 3.24. The SMILES string of the molecule is CNC1CCN(C(=O)c2ccccc2Cc2ccccc2)CC1.Cl. The average Bonchev–Trinajstić information content (AvgIpc) is 2.62. The van der Waals surface area contributed by atoms with Crippen LogP contribution in [0.15, 0.2) is 54.6 Å². The fraction of sp³-hybridized carbons (Fsp3) is 0.350. The highest BCUT2D eigenvalue weighted by Crippen LogP contribution is 2.19. The minimum Gasteiger partial charge on any atom is -0.339 e. The highest BCUT2D eigenvalue weighted by atomic mass is 35.5. The van der Waals surface area contributed by atoms with E-state index in [2.05, 4.69) is 23.5 Å². The predicted molar refractivity (Wildman–Crippen MR) is 101 cm³/mol. The lowest BCUT2D eigenvalue weighted by atomic mass is 9.97. The summed E-state index contributed by atoms with van der Waals surface area (Å²) in [5.41, 5.74) is 3.19. The Morgan fingerprint density at radius 1 is 1.04 bits per heavy atom. The summed E-state index contributed by atoms with van der Waals surface area (Å²) >= 11 is 0. The van der Waals surface area contributed by atoms with Crippen molar-refractivity contribution in [1.29, 1.82) is 0 Å². The summed E-state index contributed by atoms with van der Waals surface area (Å²) in [5.74, 6) is 0.172.